The van der Waals surface area contributed by atoms with Crippen LogP contribution in [0.25, 0.3) is 22.6 Å². The normalized spacial score (nSPS) is 22.7. The van der Waals surface area contributed by atoms with Crippen LogP contribution in [0.1, 0.15) is 38.5 Å². The Kier molecular flexibility index (Phi) is 4.44. The molecule has 1 saturated heterocycles. The van der Waals surface area contributed by atoms with Crippen molar-refractivity contribution in [3.05, 3.63) is 35.2 Å². The minimum absolute atomic E-state index is 0.228. The van der Waals surface area contributed by atoms with Crippen LogP contribution < -0.4 is 0 Å². The van der Waals surface area contributed by atoms with Crippen LogP contribution in [-0.2, 0) is 11.3 Å². The van der Waals surface area contributed by atoms with Gasteiger partial charge in [0.2, 0.25) is 5.91 Å². The van der Waals surface area contributed by atoms with Crippen LogP contribution in [0.4, 0.5) is 0 Å². The Balaban J connectivity index is 1.49. The van der Waals surface area contributed by atoms with Gasteiger partial charge in [0.05, 0.1) is 16.5 Å². The molecule has 5 rings (SSSR count). The number of hydrogen-bond acceptors (Lipinski definition) is 4. The second-order valence-corrected chi connectivity index (χ2v) is 8.44. The molecule has 1 aromatic carbocycles. The number of thiazole rings is 1. The molecule has 2 fully saturated rings. The van der Waals surface area contributed by atoms with Gasteiger partial charge in [0.1, 0.15) is 12.2 Å². The molecule has 1 saturated carbocycles. The third kappa shape index (κ3) is 3.06. The zero-order valence-corrected chi connectivity index (χ0v) is 16.2. The fraction of sp³-hybridized carbons (Fsp3) is 0.476. The van der Waals surface area contributed by atoms with Crippen molar-refractivity contribution in [3.63, 3.8) is 0 Å². The third-order valence-corrected chi connectivity index (χ3v) is 6.76. The number of piperidine rings is 1. The second kappa shape index (κ2) is 7.08. The van der Waals surface area contributed by atoms with Gasteiger partial charge in [-0.15, -0.1) is 11.3 Å². The van der Waals surface area contributed by atoms with Crippen LogP contribution in [0.3, 0.4) is 0 Å². The van der Waals surface area contributed by atoms with E-state index in [4.69, 9.17) is 4.98 Å². The summed E-state index contributed by atoms with van der Waals surface area (Å²) in [6.45, 7) is 1.25. The Morgan fingerprint density at radius 1 is 1.15 bits per heavy atom. The van der Waals surface area contributed by atoms with E-state index in [-0.39, 0.29) is 5.91 Å². The molecule has 3 heterocycles. The summed E-state index contributed by atoms with van der Waals surface area (Å²) in [6, 6.07) is 8.49. The highest BCUT2D eigenvalue weighted by Crippen LogP contribution is 2.35. The maximum absolute atomic E-state index is 13.3. The van der Waals surface area contributed by atoms with E-state index >= 15 is 0 Å². The summed E-state index contributed by atoms with van der Waals surface area (Å²) in [5.41, 5.74) is 4.59. The molecule has 6 heteroatoms. The second-order valence-electron chi connectivity index (χ2n) is 7.73. The number of amides is 1. The molecule has 0 bridgehead atoms. The lowest BCUT2D eigenvalue weighted by atomic mass is 9.78. The van der Waals surface area contributed by atoms with Crippen molar-refractivity contribution in [2.75, 3.05) is 6.54 Å². The number of carbonyl (C=O) groups excluding carboxylic acids is 1. The average molecular weight is 381 g/mol. The molecule has 27 heavy (non-hydrogen) atoms. The summed E-state index contributed by atoms with van der Waals surface area (Å²) in [5.74, 6) is 1.73. The predicted molar refractivity (Wildman–Crippen MR) is 108 cm³/mol. The van der Waals surface area contributed by atoms with E-state index in [2.05, 4.69) is 14.5 Å². The van der Waals surface area contributed by atoms with E-state index in [1.165, 1.54) is 32.1 Å². The van der Waals surface area contributed by atoms with Gasteiger partial charge in [-0.3, -0.25) is 4.79 Å². The van der Waals surface area contributed by atoms with Gasteiger partial charge in [0.15, 0.2) is 5.82 Å². The molecule has 1 amide bonds. The highest BCUT2D eigenvalue weighted by molar-refractivity contribution is 7.07. The maximum Gasteiger partial charge on any atom is 0.242 e. The molecular formula is C21H24N4OS. The smallest absolute Gasteiger partial charge is 0.242 e. The quantitative estimate of drug-likeness (QED) is 0.679. The van der Waals surface area contributed by atoms with Gasteiger partial charge in [-0.05, 0) is 43.7 Å². The van der Waals surface area contributed by atoms with Gasteiger partial charge < -0.3 is 9.47 Å². The standard InChI is InChI=1S/C21H24N4OS/c26-20(24-11-5-7-15-6-1-3-9-18(15)24)12-25-19-10-4-2-8-16(19)23-21(25)17-13-27-14-22-17/h2,4,8,10,13-15,18H,1,3,5-7,9,11-12H2/t15-,18+/m0/s1. The largest absolute Gasteiger partial charge is 0.338 e. The van der Waals surface area contributed by atoms with Gasteiger partial charge in [-0.25, -0.2) is 9.97 Å². The van der Waals surface area contributed by atoms with Crippen LogP contribution in [0.5, 0.6) is 0 Å². The van der Waals surface area contributed by atoms with Gasteiger partial charge in [-0.1, -0.05) is 25.0 Å². The molecule has 0 radical (unpaired) electrons. The van der Waals surface area contributed by atoms with Crippen molar-refractivity contribution in [1.29, 1.82) is 0 Å². The Bertz CT molecular complexity index is 946. The van der Waals surface area contributed by atoms with Crippen LogP contribution in [0.15, 0.2) is 35.2 Å². The number of fused-ring (bicyclic) bond motifs is 2. The van der Waals surface area contributed by atoms with Crippen LogP contribution in [0.2, 0.25) is 0 Å². The molecule has 1 aliphatic carbocycles. The number of para-hydroxylation sites is 2. The summed E-state index contributed by atoms with van der Waals surface area (Å²) in [5, 5.41) is 2.00. The number of imidazole rings is 1. The van der Waals surface area contributed by atoms with Crippen molar-refractivity contribution in [2.45, 2.75) is 51.1 Å². The minimum atomic E-state index is 0.228. The number of benzene rings is 1. The molecule has 5 nitrogen and oxygen atoms in total. The summed E-state index contributed by atoms with van der Waals surface area (Å²) < 4.78 is 2.05. The number of likely N-dealkylation sites (tertiary alicyclic amines) is 1. The summed E-state index contributed by atoms with van der Waals surface area (Å²) in [4.78, 5) is 24.7. The van der Waals surface area contributed by atoms with E-state index in [9.17, 15) is 4.79 Å². The Hall–Kier alpha value is -2.21. The first-order chi connectivity index (χ1) is 13.3. The number of carbonyl (C=O) groups is 1. The topological polar surface area (TPSA) is 51.0 Å². The monoisotopic (exact) mass is 380 g/mol. The number of rotatable bonds is 3. The fourth-order valence-electron chi connectivity index (χ4n) is 4.91. The number of nitrogens with zero attached hydrogens (tertiary/aromatic N) is 4. The van der Waals surface area contributed by atoms with E-state index in [0.717, 1.165) is 35.5 Å². The predicted octanol–water partition coefficient (Wildman–Crippen LogP) is 4.34. The van der Waals surface area contributed by atoms with Crippen molar-refractivity contribution < 1.29 is 4.79 Å². The van der Waals surface area contributed by atoms with Gasteiger partial charge in [0.25, 0.3) is 0 Å². The van der Waals surface area contributed by atoms with Crippen molar-refractivity contribution >= 4 is 28.3 Å². The minimum Gasteiger partial charge on any atom is -0.338 e. The van der Waals surface area contributed by atoms with E-state index in [0.29, 0.717) is 18.5 Å². The first-order valence-electron chi connectivity index (χ1n) is 9.94. The fourth-order valence-corrected chi connectivity index (χ4v) is 5.45. The van der Waals surface area contributed by atoms with Crippen LogP contribution >= 0.6 is 11.3 Å². The Morgan fingerprint density at radius 3 is 2.89 bits per heavy atom. The lowest BCUT2D eigenvalue weighted by molar-refractivity contribution is -0.138. The molecule has 0 spiro atoms. The molecule has 0 unspecified atom stereocenters. The van der Waals surface area contributed by atoms with Crippen molar-refractivity contribution in [2.24, 2.45) is 5.92 Å². The van der Waals surface area contributed by atoms with Crippen LogP contribution in [0, 0.1) is 5.92 Å². The number of hydrogen-bond donors (Lipinski definition) is 0. The maximum atomic E-state index is 13.3. The average Bonchev–Trinajstić information content (AvgIpc) is 3.36. The zero-order valence-electron chi connectivity index (χ0n) is 15.4. The summed E-state index contributed by atoms with van der Waals surface area (Å²) >= 11 is 1.56. The van der Waals surface area contributed by atoms with Gasteiger partial charge in [-0.2, -0.15) is 0 Å². The van der Waals surface area contributed by atoms with Crippen molar-refractivity contribution in [3.8, 4) is 11.5 Å². The Labute approximate surface area is 163 Å². The molecule has 2 aliphatic rings. The SMILES string of the molecule is O=C(Cn1c(-c2cscn2)nc2ccccc21)N1CCC[C@@H]2CCCC[C@H]21. The molecule has 3 aromatic rings. The molecule has 1 aliphatic heterocycles. The van der Waals surface area contributed by atoms with Gasteiger partial charge >= 0.3 is 0 Å². The summed E-state index contributed by atoms with van der Waals surface area (Å²) in [7, 11) is 0. The van der Waals surface area contributed by atoms with E-state index in [1.807, 2.05) is 35.2 Å². The molecule has 0 N–H and O–H groups in total. The Morgan fingerprint density at radius 2 is 2.00 bits per heavy atom. The zero-order chi connectivity index (χ0) is 18.2. The number of aromatic nitrogens is 3. The molecule has 2 atom stereocenters. The highest BCUT2D eigenvalue weighted by Gasteiger charge is 2.35. The van der Waals surface area contributed by atoms with Crippen LogP contribution in [-0.4, -0.2) is 37.9 Å². The first-order valence-corrected chi connectivity index (χ1v) is 10.9. The van der Waals surface area contributed by atoms with E-state index in [1.54, 1.807) is 11.3 Å². The lowest BCUT2D eigenvalue weighted by Gasteiger charge is -2.44. The molecule has 2 aromatic heterocycles. The molecular weight excluding hydrogens is 356 g/mol. The molecule has 140 valence electrons. The van der Waals surface area contributed by atoms with Gasteiger partial charge in [0, 0.05) is 18.0 Å². The first kappa shape index (κ1) is 16.9. The van der Waals surface area contributed by atoms with Crippen molar-refractivity contribution in [1.82, 2.24) is 19.4 Å². The third-order valence-electron chi connectivity index (χ3n) is 6.17. The van der Waals surface area contributed by atoms with E-state index < -0.39 is 0 Å². The summed E-state index contributed by atoms with van der Waals surface area (Å²) in [6.07, 6.45) is 7.45. The lowest BCUT2D eigenvalue weighted by Crippen LogP contribution is -2.50. The highest BCUT2D eigenvalue weighted by atomic mass is 32.1.